The minimum absolute atomic E-state index is 0.0119. The van der Waals surface area contributed by atoms with Crippen LogP contribution >= 0.6 is 0 Å². The van der Waals surface area contributed by atoms with Gasteiger partial charge < -0.3 is 15.2 Å². The minimum Gasteiger partial charge on any atom is -0.478 e. The van der Waals surface area contributed by atoms with E-state index in [0.29, 0.717) is 36.4 Å². The first-order chi connectivity index (χ1) is 15.1. The van der Waals surface area contributed by atoms with Gasteiger partial charge in [-0.2, -0.15) is 0 Å². The maximum atomic E-state index is 12.6. The van der Waals surface area contributed by atoms with E-state index >= 15 is 0 Å². The molecule has 6 nitrogen and oxygen atoms in total. The molecule has 0 bridgehead atoms. The van der Waals surface area contributed by atoms with E-state index in [1.165, 1.54) is 0 Å². The number of aliphatic hydroxyl groups excluding tert-OH is 1. The highest BCUT2D eigenvalue weighted by Crippen LogP contribution is 2.66. The molecule has 174 valence electrons. The Bertz CT molecular complexity index is 917. The van der Waals surface area contributed by atoms with Gasteiger partial charge in [-0.1, -0.05) is 13.8 Å². The predicted molar refractivity (Wildman–Crippen MR) is 122 cm³/mol. The van der Waals surface area contributed by atoms with Crippen LogP contribution in [0.1, 0.15) is 75.6 Å². The van der Waals surface area contributed by atoms with Gasteiger partial charge in [0.2, 0.25) is 0 Å². The molecule has 1 aromatic rings. The molecule has 6 heteroatoms. The second-order valence-corrected chi connectivity index (χ2v) is 11.4. The Balaban J connectivity index is 1.51. The molecule has 4 fully saturated rings. The van der Waals surface area contributed by atoms with Crippen LogP contribution in [0, 0.1) is 34.5 Å². The van der Waals surface area contributed by atoms with Crippen LogP contribution in [0.25, 0.3) is 0 Å². The minimum atomic E-state index is -0.952. The van der Waals surface area contributed by atoms with Crippen molar-refractivity contribution in [2.75, 3.05) is 5.01 Å². The summed E-state index contributed by atoms with van der Waals surface area (Å²) in [4.78, 5) is 23.8. The van der Waals surface area contributed by atoms with Gasteiger partial charge >= 0.3 is 5.97 Å². The molecule has 4 aliphatic carbocycles. The number of carboxylic acids is 1. The second kappa shape index (κ2) is 7.56. The Hall–Kier alpha value is -1.92. The second-order valence-electron chi connectivity index (χ2n) is 11.4. The molecule has 4 saturated carbocycles. The first-order valence-corrected chi connectivity index (χ1v) is 12.2. The van der Waals surface area contributed by atoms with Gasteiger partial charge in [-0.25, -0.2) is 10.6 Å². The third-order valence-electron chi connectivity index (χ3n) is 10.2. The number of anilines is 1. The van der Waals surface area contributed by atoms with Crippen molar-refractivity contribution in [3.63, 3.8) is 0 Å². The Labute approximate surface area is 190 Å². The highest BCUT2D eigenvalue weighted by Gasteiger charge is 2.62. The van der Waals surface area contributed by atoms with Crippen LogP contribution in [-0.2, 0) is 4.79 Å². The Morgan fingerprint density at radius 1 is 1.03 bits per heavy atom. The molecule has 0 amide bonds. The number of rotatable bonds is 3. The van der Waals surface area contributed by atoms with E-state index in [1.807, 2.05) is 5.01 Å². The summed E-state index contributed by atoms with van der Waals surface area (Å²) in [6.45, 7) is 4.67. The number of aromatic carboxylic acids is 1. The lowest BCUT2D eigenvalue weighted by atomic mass is 9.44. The van der Waals surface area contributed by atoms with Crippen molar-refractivity contribution < 1.29 is 19.8 Å². The molecule has 1 aromatic carbocycles. The third kappa shape index (κ3) is 3.13. The number of carbonyl (C=O) groups excluding carboxylic acids is 1. The van der Waals surface area contributed by atoms with E-state index in [0.717, 1.165) is 44.2 Å². The van der Waals surface area contributed by atoms with Crippen molar-refractivity contribution in [2.24, 2.45) is 40.3 Å². The first kappa shape index (κ1) is 21.9. The van der Waals surface area contributed by atoms with Gasteiger partial charge in [0.1, 0.15) is 5.78 Å². The van der Waals surface area contributed by atoms with Crippen LogP contribution in [0.3, 0.4) is 0 Å². The SMILES string of the molecule is C[C@]12CC[C@H]3[C@@H](CC(N(N)c4ccc(C(=O)O)cc4)C4CC(=O)CC[C@@]43C)[C@@H]1CC[C@@H]2O. The lowest BCUT2D eigenvalue weighted by molar-refractivity contribution is -0.145. The van der Waals surface area contributed by atoms with E-state index in [9.17, 15) is 19.8 Å². The van der Waals surface area contributed by atoms with E-state index in [-0.39, 0.29) is 34.5 Å². The molecule has 32 heavy (non-hydrogen) atoms. The summed E-state index contributed by atoms with van der Waals surface area (Å²) in [5.74, 6) is 7.90. The van der Waals surface area contributed by atoms with Crippen molar-refractivity contribution in [3.05, 3.63) is 29.8 Å². The van der Waals surface area contributed by atoms with Crippen LogP contribution in [0.15, 0.2) is 24.3 Å². The highest BCUT2D eigenvalue weighted by atomic mass is 16.4. The number of carboxylic acid groups (broad SMARTS) is 1. The fraction of sp³-hybridized carbons (Fsp3) is 0.692. The Morgan fingerprint density at radius 3 is 2.41 bits per heavy atom. The van der Waals surface area contributed by atoms with Crippen molar-refractivity contribution in [1.82, 2.24) is 0 Å². The molecule has 4 N–H and O–H groups in total. The molecule has 8 atom stereocenters. The van der Waals surface area contributed by atoms with Crippen LogP contribution < -0.4 is 10.9 Å². The summed E-state index contributed by atoms with van der Waals surface area (Å²) in [6.07, 6.45) is 7.03. The number of hydrogen-bond donors (Lipinski definition) is 3. The van der Waals surface area contributed by atoms with Crippen LogP contribution in [-0.4, -0.2) is 34.1 Å². The zero-order chi connectivity index (χ0) is 22.8. The zero-order valence-electron chi connectivity index (χ0n) is 19.2. The number of ketones is 1. The van der Waals surface area contributed by atoms with E-state index < -0.39 is 5.97 Å². The zero-order valence-corrected chi connectivity index (χ0v) is 19.2. The molecule has 0 spiro atoms. The number of aliphatic hydroxyl groups is 1. The summed E-state index contributed by atoms with van der Waals surface area (Å²) in [5, 5.41) is 21.9. The van der Waals surface area contributed by atoms with Crippen LogP contribution in [0.2, 0.25) is 0 Å². The van der Waals surface area contributed by atoms with Crippen molar-refractivity contribution in [3.8, 4) is 0 Å². The summed E-state index contributed by atoms with van der Waals surface area (Å²) >= 11 is 0. The van der Waals surface area contributed by atoms with Gasteiger partial charge in [0.25, 0.3) is 0 Å². The molecule has 0 aromatic heterocycles. The fourth-order valence-corrected chi connectivity index (χ4v) is 8.34. The molecule has 2 unspecified atom stereocenters. The highest BCUT2D eigenvalue weighted by molar-refractivity contribution is 5.88. The van der Waals surface area contributed by atoms with Gasteiger partial charge in [-0.15, -0.1) is 0 Å². The predicted octanol–water partition coefficient (Wildman–Crippen LogP) is 4.02. The first-order valence-electron chi connectivity index (χ1n) is 12.2. The monoisotopic (exact) mass is 440 g/mol. The summed E-state index contributed by atoms with van der Waals surface area (Å²) in [7, 11) is 0. The van der Waals surface area contributed by atoms with E-state index in [2.05, 4.69) is 13.8 Å². The largest absolute Gasteiger partial charge is 0.478 e. The molecular formula is C26H36N2O4. The number of benzene rings is 1. The van der Waals surface area contributed by atoms with Gasteiger partial charge in [0.15, 0.2) is 0 Å². The Morgan fingerprint density at radius 2 is 1.72 bits per heavy atom. The number of fused-ring (bicyclic) bond motifs is 5. The molecular weight excluding hydrogens is 404 g/mol. The lowest BCUT2D eigenvalue weighted by Crippen LogP contribution is -2.63. The van der Waals surface area contributed by atoms with Crippen LogP contribution in [0.4, 0.5) is 5.69 Å². The summed E-state index contributed by atoms with van der Waals surface area (Å²) < 4.78 is 0. The maximum absolute atomic E-state index is 12.6. The lowest BCUT2D eigenvalue weighted by Gasteiger charge is -2.63. The van der Waals surface area contributed by atoms with Gasteiger partial charge in [0, 0.05) is 18.9 Å². The van der Waals surface area contributed by atoms with Gasteiger partial charge in [-0.3, -0.25) is 4.79 Å². The Kier molecular flexibility index (Phi) is 5.17. The van der Waals surface area contributed by atoms with Crippen molar-refractivity contribution >= 4 is 17.4 Å². The van der Waals surface area contributed by atoms with Crippen molar-refractivity contribution in [2.45, 2.75) is 77.4 Å². The normalized spacial score (nSPS) is 43.2. The number of nitrogens with zero attached hydrogens (tertiary/aromatic N) is 1. The number of Topliss-reactive ketones (excluding diaryl/α,β-unsaturated/α-hetero) is 1. The number of hydrogen-bond acceptors (Lipinski definition) is 5. The third-order valence-corrected chi connectivity index (χ3v) is 10.2. The average molecular weight is 441 g/mol. The van der Waals surface area contributed by atoms with Crippen LogP contribution in [0.5, 0.6) is 0 Å². The van der Waals surface area contributed by atoms with Gasteiger partial charge in [0.05, 0.1) is 17.4 Å². The van der Waals surface area contributed by atoms with Gasteiger partial charge in [-0.05, 0) is 97.3 Å². The molecule has 0 radical (unpaired) electrons. The molecule has 0 saturated heterocycles. The number of hydrazine groups is 1. The molecule has 4 aliphatic rings. The maximum Gasteiger partial charge on any atom is 0.335 e. The number of carbonyl (C=O) groups is 2. The molecule has 0 aliphatic heterocycles. The average Bonchev–Trinajstić information content (AvgIpc) is 3.08. The quantitative estimate of drug-likeness (QED) is 0.485. The fourth-order valence-electron chi connectivity index (χ4n) is 8.34. The van der Waals surface area contributed by atoms with E-state index in [4.69, 9.17) is 5.84 Å². The van der Waals surface area contributed by atoms with Crippen molar-refractivity contribution in [1.29, 1.82) is 0 Å². The molecule has 5 rings (SSSR count). The summed E-state index contributed by atoms with van der Waals surface area (Å²) in [5.41, 5.74) is 1.09. The van der Waals surface area contributed by atoms with E-state index in [1.54, 1.807) is 24.3 Å². The molecule has 0 heterocycles. The topological polar surface area (TPSA) is 104 Å². The smallest absolute Gasteiger partial charge is 0.335 e. The summed E-state index contributed by atoms with van der Waals surface area (Å²) in [6, 6.07) is 6.78. The standard InChI is InChI=1S/C26H36N2O4/c1-25-11-9-17(29)13-21(25)22(28(27)16-5-3-15(4-6-16)24(31)32)14-18-19-7-8-23(30)26(19,2)12-10-20(18)25/h3-6,18-23,30H,7-14,27H2,1-2H3,(H,31,32)/t18-,19-,20-,21?,22?,23-,25+,26-/m0/s1. The number of nitrogens with two attached hydrogens (primary N) is 1.